The molecule has 0 saturated heterocycles. The van der Waals surface area contributed by atoms with Crippen molar-refractivity contribution in [1.82, 2.24) is 9.80 Å². The molecule has 50 heavy (non-hydrogen) atoms. The van der Waals surface area contributed by atoms with Crippen molar-refractivity contribution in [3.8, 4) is 11.5 Å². The second-order valence-electron chi connectivity index (χ2n) is 14.3. The molecule has 4 aromatic rings. The maximum atomic E-state index is 14.1. The van der Waals surface area contributed by atoms with Gasteiger partial charge in [-0.1, -0.05) is 101 Å². The molecule has 0 saturated carbocycles. The maximum Gasteiger partial charge on any atom is 0.246 e. The Bertz CT molecular complexity index is 1850. The van der Waals surface area contributed by atoms with E-state index in [2.05, 4.69) is 101 Å². The summed E-state index contributed by atoms with van der Waals surface area (Å²) in [5.74, 6) is 2.15. The second-order valence-corrected chi connectivity index (χ2v) is 14.3. The molecule has 2 atom stereocenters. The Balaban J connectivity index is 1.34. The van der Waals surface area contributed by atoms with Crippen molar-refractivity contribution in [2.24, 2.45) is 11.8 Å². The average Bonchev–Trinajstić information content (AvgIpc) is 3.14. The number of carbonyl (C=O) groups excluding carboxylic acids is 2. The fourth-order valence-corrected chi connectivity index (χ4v) is 6.89. The molecule has 2 aliphatic heterocycles. The largest absolute Gasteiger partial charge is 0.493 e. The van der Waals surface area contributed by atoms with Crippen molar-refractivity contribution in [2.45, 2.75) is 52.6 Å². The van der Waals surface area contributed by atoms with Crippen LogP contribution >= 0.6 is 0 Å². The molecule has 0 aliphatic carbocycles. The van der Waals surface area contributed by atoms with Crippen LogP contribution in [0.4, 0.5) is 0 Å². The van der Waals surface area contributed by atoms with Crippen molar-refractivity contribution in [3.63, 3.8) is 0 Å². The van der Waals surface area contributed by atoms with Crippen LogP contribution in [0.1, 0.15) is 78.5 Å². The number of carbonyl (C=O) groups is 2. The predicted molar refractivity (Wildman–Crippen MR) is 200 cm³/mol. The molecule has 0 unspecified atom stereocenters. The fourth-order valence-electron chi connectivity index (χ4n) is 6.89. The molecule has 2 heterocycles. The molecule has 6 heteroatoms. The molecule has 4 aromatic carbocycles. The number of amides is 2. The van der Waals surface area contributed by atoms with Gasteiger partial charge >= 0.3 is 0 Å². The molecule has 6 nitrogen and oxygen atoms in total. The Morgan fingerprint density at radius 3 is 1.88 bits per heavy atom. The number of nitrogens with zero attached hydrogens (tertiary/aromatic N) is 2. The first-order valence-corrected chi connectivity index (χ1v) is 17.7. The average molecular weight is 669 g/mol. The van der Waals surface area contributed by atoms with Gasteiger partial charge in [-0.15, -0.1) is 0 Å². The van der Waals surface area contributed by atoms with E-state index in [0.29, 0.717) is 57.0 Å². The van der Waals surface area contributed by atoms with Crippen molar-refractivity contribution >= 4 is 17.9 Å². The maximum absolute atomic E-state index is 14.1. The second kappa shape index (κ2) is 15.6. The van der Waals surface area contributed by atoms with E-state index in [1.807, 2.05) is 40.1 Å². The van der Waals surface area contributed by atoms with Crippen LogP contribution in [-0.2, 0) is 22.7 Å². The Morgan fingerprint density at radius 2 is 1.28 bits per heavy atom. The number of rotatable bonds is 11. The van der Waals surface area contributed by atoms with Gasteiger partial charge in [-0.2, -0.15) is 0 Å². The summed E-state index contributed by atoms with van der Waals surface area (Å²) in [4.78, 5) is 30.7. The number of hydrogen-bond donors (Lipinski definition) is 0. The zero-order valence-corrected chi connectivity index (χ0v) is 29.7. The molecule has 258 valence electrons. The van der Waals surface area contributed by atoms with E-state index in [4.69, 9.17) is 9.47 Å². The predicted octanol–water partition coefficient (Wildman–Crippen LogP) is 8.60. The lowest BCUT2D eigenvalue weighted by molar-refractivity contribution is -0.127. The fraction of sp³-hybridized carbons (Fsp3) is 0.318. The van der Waals surface area contributed by atoms with Gasteiger partial charge in [0.25, 0.3) is 0 Å². The van der Waals surface area contributed by atoms with E-state index < -0.39 is 0 Å². The molecule has 6 rings (SSSR count). The summed E-state index contributed by atoms with van der Waals surface area (Å²) in [6.45, 7) is 15.5. The van der Waals surface area contributed by atoms with E-state index in [9.17, 15) is 9.59 Å². The van der Waals surface area contributed by atoms with Gasteiger partial charge in [0.2, 0.25) is 11.8 Å². The van der Waals surface area contributed by atoms with Gasteiger partial charge in [0.05, 0.1) is 13.2 Å². The van der Waals surface area contributed by atoms with E-state index in [-0.39, 0.29) is 23.7 Å². The highest BCUT2D eigenvalue weighted by Crippen LogP contribution is 2.39. The van der Waals surface area contributed by atoms with E-state index in [1.54, 1.807) is 6.08 Å². The Hall–Kier alpha value is -5.10. The molecule has 2 amide bonds. The first kappa shape index (κ1) is 34.8. The van der Waals surface area contributed by atoms with Gasteiger partial charge in [0.15, 0.2) is 0 Å². The van der Waals surface area contributed by atoms with Crippen LogP contribution < -0.4 is 9.47 Å². The molecule has 0 N–H and O–H groups in total. The van der Waals surface area contributed by atoms with Crippen LogP contribution in [0, 0.1) is 11.8 Å². The van der Waals surface area contributed by atoms with Gasteiger partial charge in [0, 0.05) is 49.7 Å². The van der Waals surface area contributed by atoms with Crippen molar-refractivity contribution < 1.29 is 19.1 Å². The summed E-state index contributed by atoms with van der Waals surface area (Å²) in [5.41, 5.74) is 7.68. The van der Waals surface area contributed by atoms with Crippen LogP contribution in [0.25, 0.3) is 6.08 Å². The van der Waals surface area contributed by atoms with Crippen LogP contribution in [0.2, 0.25) is 0 Å². The summed E-state index contributed by atoms with van der Waals surface area (Å²) in [5, 5.41) is 0. The molecule has 0 fully saturated rings. The lowest BCUT2D eigenvalue weighted by Gasteiger charge is -2.35. The standard InChI is InChI=1S/C44H48N2O4/c1-6-43(47)45-25-36-23-42(50-29-31(4)5)34(22-39(36)41(27-45)33-15-11-8-12-16-33)17-20-44(48)46-24-35-21-37(49-28-30(2)3)18-19-38(35)40(26-46)32-13-9-7-10-14-32/h6-23,30-31,40-41H,1,24-29H2,2-5H3/b20-17-/t40-,41+/m1/s1. The van der Waals surface area contributed by atoms with E-state index in [1.165, 1.54) is 17.2 Å². The SMILES string of the molecule is C=CC(=O)N1Cc2cc(OCC(C)C)c(/C=C\C(=O)N3Cc4cc(OCC(C)C)ccc4[C@@H](c4ccccc4)C3)cc2[C@H](c2ccccc2)C1. The van der Waals surface area contributed by atoms with Crippen molar-refractivity contribution in [2.75, 3.05) is 26.3 Å². The Morgan fingerprint density at radius 1 is 0.720 bits per heavy atom. The zero-order valence-electron chi connectivity index (χ0n) is 29.7. The summed E-state index contributed by atoms with van der Waals surface area (Å²) in [6.07, 6.45) is 4.97. The third-order valence-electron chi connectivity index (χ3n) is 9.43. The topological polar surface area (TPSA) is 59.1 Å². The highest BCUT2D eigenvalue weighted by molar-refractivity contribution is 5.92. The van der Waals surface area contributed by atoms with Crippen LogP contribution in [0.15, 0.2) is 110 Å². The van der Waals surface area contributed by atoms with E-state index in [0.717, 1.165) is 33.6 Å². The third kappa shape index (κ3) is 8.02. The summed E-state index contributed by atoms with van der Waals surface area (Å²) in [7, 11) is 0. The van der Waals surface area contributed by atoms with Gasteiger partial charge in [0.1, 0.15) is 11.5 Å². The lowest BCUT2D eigenvalue weighted by atomic mass is 9.83. The first-order valence-electron chi connectivity index (χ1n) is 17.7. The summed E-state index contributed by atoms with van der Waals surface area (Å²) in [6, 6.07) is 31.2. The highest BCUT2D eigenvalue weighted by atomic mass is 16.5. The summed E-state index contributed by atoms with van der Waals surface area (Å²) < 4.78 is 12.4. The van der Waals surface area contributed by atoms with Crippen molar-refractivity contribution in [1.29, 1.82) is 0 Å². The van der Waals surface area contributed by atoms with Gasteiger partial charge in [-0.3, -0.25) is 9.59 Å². The van der Waals surface area contributed by atoms with Gasteiger partial charge in [-0.25, -0.2) is 0 Å². The Labute approximate surface area is 297 Å². The number of ether oxygens (including phenoxy) is 2. The molecule has 0 spiro atoms. The normalized spacial score (nSPS) is 17.1. The first-order chi connectivity index (χ1) is 24.2. The van der Waals surface area contributed by atoms with Crippen LogP contribution in [0.5, 0.6) is 11.5 Å². The highest BCUT2D eigenvalue weighted by Gasteiger charge is 2.31. The minimum absolute atomic E-state index is 0.0248. The number of fused-ring (bicyclic) bond motifs is 2. The van der Waals surface area contributed by atoms with Gasteiger partial charge in [-0.05, 0) is 81.6 Å². The molecular formula is C44H48N2O4. The smallest absolute Gasteiger partial charge is 0.246 e. The van der Waals surface area contributed by atoms with Gasteiger partial charge < -0.3 is 19.3 Å². The Kier molecular flexibility index (Phi) is 10.9. The molecule has 0 aromatic heterocycles. The number of benzene rings is 4. The minimum atomic E-state index is -0.0914. The zero-order chi connectivity index (χ0) is 35.2. The monoisotopic (exact) mass is 668 g/mol. The molecule has 0 bridgehead atoms. The minimum Gasteiger partial charge on any atom is -0.493 e. The number of hydrogen-bond acceptors (Lipinski definition) is 4. The van der Waals surface area contributed by atoms with Crippen LogP contribution in [-0.4, -0.2) is 47.9 Å². The lowest BCUT2D eigenvalue weighted by Crippen LogP contribution is -2.38. The molecule has 2 aliphatic rings. The van der Waals surface area contributed by atoms with E-state index >= 15 is 0 Å². The summed E-state index contributed by atoms with van der Waals surface area (Å²) >= 11 is 0. The third-order valence-corrected chi connectivity index (χ3v) is 9.43. The van der Waals surface area contributed by atoms with Crippen molar-refractivity contribution in [3.05, 3.63) is 149 Å². The quantitative estimate of drug-likeness (QED) is 0.150. The van der Waals surface area contributed by atoms with Crippen LogP contribution in [0.3, 0.4) is 0 Å². The molecule has 0 radical (unpaired) electrons. The molecular weight excluding hydrogens is 620 g/mol.